The molecule has 0 saturated heterocycles. The van der Waals surface area contributed by atoms with Gasteiger partial charge in [0, 0.05) is 6.42 Å². The van der Waals surface area contributed by atoms with E-state index in [1.165, 1.54) is 24.0 Å². The monoisotopic (exact) mass is 262 g/mol. The van der Waals surface area contributed by atoms with E-state index in [-0.39, 0.29) is 5.78 Å². The summed E-state index contributed by atoms with van der Waals surface area (Å²) in [7, 11) is 0. The van der Waals surface area contributed by atoms with Gasteiger partial charge in [-0.05, 0) is 64.5 Å². The molecule has 0 N–H and O–H groups in total. The topological polar surface area (TPSA) is 17.1 Å². The van der Waals surface area contributed by atoms with Gasteiger partial charge < -0.3 is 0 Å². The third kappa shape index (κ3) is 9.47. The molecule has 0 aromatic heterocycles. The third-order valence-electron chi connectivity index (χ3n) is 3.52. The molecular formula is C18H30O. The van der Waals surface area contributed by atoms with Gasteiger partial charge in [-0.1, -0.05) is 37.1 Å². The molecule has 0 fully saturated rings. The summed E-state index contributed by atoms with van der Waals surface area (Å²) >= 11 is 0. The van der Waals surface area contributed by atoms with E-state index in [0.717, 1.165) is 12.0 Å². The second kappa shape index (κ2) is 9.77. The summed E-state index contributed by atoms with van der Waals surface area (Å²) in [6.07, 6.45) is 10.1. The van der Waals surface area contributed by atoms with E-state index in [0.29, 0.717) is 12.3 Å². The first-order valence-corrected chi connectivity index (χ1v) is 7.37. The zero-order chi connectivity index (χ0) is 14.8. The first kappa shape index (κ1) is 17.9. The Kier molecular flexibility index (Phi) is 9.20. The van der Waals surface area contributed by atoms with Crippen LogP contribution in [-0.4, -0.2) is 5.78 Å². The molecule has 1 heteroatoms. The molecule has 108 valence electrons. The largest absolute Gasteiger partial charge is 0.295 e. The van der Waals surface area contributed by atoms with Crippen molar-refractivity contribution in [1.82, 2.24) is 0 Å². The van der Waals surface area contributed by atoms with Crippen LogP contribution >= 0.6 is 0 Å². The molecule has 1 nitrogen and oxygen atoms in total. The lowest BCUT2D eigenvalue weighted by Crippen LogP contribution is -1.94. The Hall–Kier alpha value is -1.11. The molecule has 19 heavy (non-hydrogen) atoms. The Balaban J connectivity index is 4.09. The normalized spacial score (nSPS) is 13.7. The second-order valence-electron chi connectivity index (χ2n) is 5.77. The predicted molar refractivity (Wildman–Crippen MR) is 85.3 cm³/mol. The minimum atomic E-state index is 0.203. The van der Waals surface area contributed by atoms with E-state index in [9.17, 15) is 4.79 Å². The van der Waals surface area contributed by atoms with Crippen molar-refractivity contribution < 1.29 is 4.79 Å². The van der Waals surface area contributed by atoms with Crippen LogP contribution in [0.4, 0.5) is 0 Å². The lowest BCUT2D eigenvalue weighted by Gasteiger charge is -2.09. The van der Waals surface area contributed by atoms with E-state index in [1.807, 2.05) is 13.8 Å². The Morgan fingerprint density at radius 2 is 1.79 bits per heavy atom. The maximum atomic E-state index is 11.2. The maximum Gasteiger partial charge on any atom is 0.155 e. The standard InChI is InChI=1S/C18H30O/c1-7-18(19)13-16(5)10-8-9-15(4)11-12-17(6)14(2)3/h8,10,13,15H,7,9,11-12H2,1-6H3/b10-8+,16-13+. The summed E-state index contributed by atoms with van der Waals surface area (Å²) in [5, 5.41) is 0. The Bertz CT molecular complexity index is 365. The molecule has 0 rings (SSSR count). The van der Waals surface area contributed by atoms with Crippen LogP contribution in [0.3, 0.4) is 0 Å². The molecule has 0 saturated carbocycles. The SMILES string of the molecule is CCC(=O)/C=C(C)/C=C/CC(C)CCC(C)=C(C)C. The quantitative estimate of drug-likeness (QED) is 0.315. The average molecular weight is 262 g/mol. The zero-order valence-corrected chi connectivity index (χ0v) is 13.5. The fraction of sp³-hybridized carbons (Fsp3) is 0.611. The van der Waals surface area contributed by atoms with Crippen LogP contribution in [0.5, 0.6) is 0 Å². The van der Waals surface area contributed by atoms with E-state index in [1.54, 1.807) is 6.08 Å². The van der Waals surface area contributed by atoms with Crippen LogP contribution in [0.25, 0.3) is 0 Å². The van der Waals surface area contributed by atoms with Crippen LogP contribution in [0.15, 0.2) is 34.9 Å². The van der Waals surface area contributed by atoms with Crippen molar-refractivity contribution in [3.8, 4) is 0 Å². The molecule has 0 aliphatic carbocycles. The predicted octanol–water partition coefficient (Wildman–Crippen LogP) is 5.63. The molecule has 0 amide bonds. The van der Waals surface area contributed by atoms with Crippen molar-refractivity contribution in [1.29, 1.82) is 0 Å². The van der Waals surface area contributed by atoms with E-state index in [2.05, 4.69) is 39.8 Å². The van der Waals surface area contributed by atoms with Crippen LogP contribution in [0.1, 0.15) is 67.2 Å². The van der Waals surface area contributed by atoms with Gasteiger partial charge in [0.2, 0.25) is 0 Å². The van der Waals surface area contributed by atoms with Gasteiger partial charge in [-0.3, -0.25) is 4.79 Å². The highest BCUT2D eigenvalue weighted by molar-refractivity contribution is 5.90. The number of rotatable bonds is 8. The van der Waals surface area contributed by atoms with Crippen LogP contribution in [0.2, 0.25) is 0 Å². The average Bonchev–Trinajstić information content (AvgIpc) is 2.35. The number of carbonyl (C=O) groups is 1. The van der Waals surface area contributed by atoms with E-state index in [4.69, 9.17) is 0 Å². The second-order valence-corrected chi connectivity index (χ2v) is 5.77. The Morgan fingerprint density at radius 1 is 1.16 bits per heavy atom. The summed E-state index contributed by atoms with van der Waals surface area (Å²) in [5.74, 6) is 0.898. The smallest absolute Gasteiger partial charge is 0.155 e. The zero-order valence-electron chi connectivity index (χ0n) is 13.5. The number of allylic oxidation sites excluding steroid dienone is 6. The summed E-state index contributed by atoms with van der Waals surface area (Å²) in [4.78, 5) is 11.2. The van der Waals surface area contributed by atoms with Crippen LogP contribution < -0.4 is 0 Å². The number of ketones is 1. The summed E-state index contributed by atoms with van der Waals surface area (Å²) in [6.45, 7) is 12.8. The van der Waals surface area contributed by atoms with E-state index < -0.39 is 0 Å². The van der Waals surface area contributed by atoms with Gasteiger partial charge in [0.05, 0.1) is 0 Å². The fourth-order valence-electron chi connectivity index (χ4n) is 1.72. The Labute approximate surface area is 119 Å². The van der Waals surface area contributed by atoms with Gasteiger partial charge in [0.1, 0.15) is 0 Å². The molecule has 0 bridgehead atoms. The van der Waals surface area contributed by atoms with Gasteiger partial charge >= 0.3 is 0 Å². The molecule has 0 aromatic carbocycles. The minimum absolute atomic E-state index is 0.203. The maximum absolute atomic E-state index is 11.2. The molecule has 0 aromatic rings. The van der Waals surface area contributed by atoms with Gasteiger partial charge in [0.25, 0.3) is 0 Å². The molecule has 0 aliphatic heterocycles. The van der Waals surface area contributed by atoms with Crippen LogP contribution in [0, 0.1) is 5.92 Å². The highest BCUT2D eigenvalue weighted by Crippen LogP contribution is 2.17. The van der Waals surface area contributed by atoms with Gasteiger partial charge in [0.15, 0.2) is 5.78 Å². The Morgan fingerprint density at radius 3 is 2.32 bits per heavy atom. The van der Waals surface area contributed by atoms with Crippen LogP contribution in [-0.2, 0) is 4.79 Å². The fourth-order valence-corrected chi connectivity index (χ4v) is 1.72. The van der Waals surface area contributed by atoms with Crippen molar-refractivity contribution in [2.24, 2.45) is 5.92 Å². The molecule has 0 radical (unpaired) electrons. The highest BCUT2D eigenvalue weighted by Gasteiger charge is 2.01. The molecule has 1 unspecified atom stereocenters. The number of hydrogen-bond acceptors (Lipinski definition) is 1. The molecule has 0 heterocycles. The van der Waals surface area contributed by atoms with E-state index >= 15 is 0 Å². The first-order chi connectivity index (χ1) is 8.86. The third-order valence-corrected chi connectivity index (χ3v) is 3.52. The van der Waals surface area contributed by atoms with Crippen molar-refractivity contribution in [2.75, 3.05) is 0 Å². The molecule has 0 spiro atoms. The van der Waals surface area contributed by atoms with Crippen molar-refractivity contribution in [2.45, 2.75) is 67.2 Å². The minimum Gasteiger partial charge on any atom is -0.295 e. The summed E-state index contributed by atoms with van der Waals surface area (Å²) in [5.41, 5.74) is 4.01. The summed E-state index contributed by atoms with van der Waals surface area (Å²) in [6, 6.07) is 0. The molecular weight excluding hydrogens is 232 g/mol. The highest BCUT2D eigenvalue weighted by atomic mass is 16.1. The molecule has 1 atom stereocenters. The lowest BCUT2D eigenvalue weighted by atomic mass is 9.97. The first-order valence-electron chi connectivity index (χ1n) is 7.37. The summed E-state index contributed by atoms with van der Waals surface area (Å²) < 4.78 is 0. The van der Waals surface area contributed by atoms with Gasteiger partial charge in [-0.2, -0.15) is 0 Å². The molecule has 0 aliphatic rings. The van der Waals surface area contributed by atoms with Crippen molar-refractivity contribution in [3.05, 3.63) is 34.9 Å². The van der Waals surface area contributed by atoms with Gasteiger partial charge in [-0.15, -0.1) is 0 Å². The number of hydrogen-bond donors (Lipinski definition) is 0. The van der Waals surface area contributed by atoms with Crippen molar-refractivity contribution >= 4 is 5.78 Å². The van der Waals surface area contributed by atoms with Crippen molar-refractivity contribution in [3.63, 3.8) is 0 Å². The lowest BCUT2D eigenvalue weighted by molar-refractivity contribution is -0.114. The van der Waals surface area contributed by atoms with Gasteiger partial charge in [-0.25, -0.2) is 0 Å². The number of carbonyl (C=O) groups excluding carboxylic acids is 1.